The fraction of sp³-hybridized carbons (Fsp3) is 0.867. The number of hydrogen-bond acceptors (Lipinski definition) is 5. The highest BCUT2D eigenvalue weighted by Gasteiger charge is 2.34. The number of ether oxygens (including phenoxy) is 1. The number of piperidine rings is 1. The smallest absolute Gasteiger partial charge is 0.251 e. The van der Waals surface area contributed by atoms with Gasteiger partial charge in [-0.1, -0.05) is 0 Å². The first-order chi connectivity index (χ1) is 10.9. The molecule has 0 radical (unpaired) electrons. The predicted molar refractivity (Wildman–Crippen MR) is 83.5 cm³/mol. The van der Waals surface area contributed by atoms with E-state index in [2.05, 4.69) is 5.32 Å². The Kier molecular flexibility index (Phi) is 4.91. The van der Waals surface area contributed by atoms with Crippen molar-refractivity contribution in [2.75, 3.05) is 31.2 Å². The number of rotatable bonds is 3. The summed E-state index contributed by atoms with van der Waals surface area (Å²) in [5.41, 5.74) is 0. The van der Waals surface area contributed by atoms with Crippen LogP contribution in [-0.4, -0.2) is 68.5 Å². The zero-order valence-corrected chi connectivity index (χ0v) is 14.0. The number of nitrogens with zero attached hydrogens (tertiary/aromatic N) is 1. The van der Waals surface area contributed by atoms with Gasteiger partial charge in [0.25, 0.3) is 5.91 Å². The third-order valence-electron chi connectivity index (χ3n) is 4.96. The molecule has 2 unspecified atom stereocenters. The van der Waals surface area contributed by atoms with Crippen LogP contribution in [0.3, 0.4) is 0 Å². The number of hydrogen-bond donors (Lipinski definition) is 1. The van der Waals surface area contributed by atoms with Crippen molar-refractivity contribution in [2.45, 2.75) is 44.2 Å². The predicted octanol–water partition coefficient (Wildman–Crippen LogP) is -0.293. The second kappa shape index (κ2) is 6.76. The average molecular weight is 344 g/mol. The van der Waals surface area contributed by atoms with Crippen molar-refractivity contribution in [1.82, 2.24) is 10.2 Å². The largest absolute Gasteiger partial charge is 0.368 e. The summed E-state index contributed by atoms with van der Waals surface area (Å²) in [4.78, 5) is 26.3. The first-order valence-corrected chi connectivity index (χ1v) is 10.2. The third kappa shape index (κ3) is 4.03. The number of nitrogens with one attached hydrogen (secondary N) is 1. The van der Waals surface area contributed by atoms with Gasteiger partial charge >= 0.3 is 0 Å². The van der Waals surface area contributed by atoms with Gasteiger partial charge in [-0.3, -0.25) is 9.59 Å². The van der Waals surface area contributed by atoms with Crippen molar-refractivity contribution in [1.29, 1.82) is 0 Å². The van der Waals surface area contributed by atoms with Crippen LogP contribution in [0.25, 0.3) is 0 Å². The lowest BCUT2D eigenvalue weighted by Crippen LogP contribution is -2.47. The van der Waals surface area contributed by atoms with Gasteiger partial charge in [-0.25, -0.2) is 8.42 Å². The van der Waals surface area contributed by atoms with Crippen LogP contribution in [0.5, 0.6) is 0 Å². The molecule has 0 aliphatic carbocycles. The highest BCUT2D eigenvalue weighted by molar-refractivity contribution is 7.91. The van der Waals surface area contributed by atoms with Gasteiger partial charge in [0.1, 0.15) is 6.10 Å². The van der Waals surface area contributed by atoms with E-state index < -0.39 is 9.84 Å². The van der Waals surface area contributed by atoms with Crippen LogP contribution in [0.2, 0.25) is 0 Å². The minimum absolute atomic E-state index is 0.0447. The molecule has 3 heterocycles. The highest BCUT2D eigenvalue weighted by Crippen LogP contribution is 2.22. The molecular weight excluding hydrogens is 320 g/mol. The molecule has 0 spiro atoms. The van der Waals surface area contributed by atoms with Crippen LogP contribution in [-0.2, 0) is 24.2 Å². The lowest BCUT2D eigenvalue weighted by atomic mass is 9.95. The molecule has 0 aromatic rings. The molecule has 3 aliphatic rings. The van der Waals surface area contributed by atoms with E-state index in [1.807, 2.05) is 0 Å². The topological polar surface area (TPSA) is 92.8 Å². The Hall–Kier alpha value is -1.15. The fourth-order valence-electron chi connectivity index (χ4n) is 3.57. The second-order valence-corrected chi connectivity index (χ2v) is 8.94. The number of sulfone groups is 1. The Bertz CT molecular complexity index is 562. The molecule has 3 rings (SSSR count). The Labute approximate surface area is 136 Å². The van der Waals surface area contributed by atoms with Crippen molar-refractivity contribution >= 4 is 21.7 Å². The zero-order chi connectivity index (χ0) is 16.4. The fourth-order valence-corrected chi connectivity index (χ4v) is 5.24. The SMILES string of the molecule is O=C(NC1CCS(=O)(=O)C1)C1CCN(C(=O)C2CCCO2)CC1. The van der Waals surface area contributed by atoms with Crippen LogP contribution in [0.15, 0.2) is 0 Å². The van der Waals surface area contributed by atoms with Gasteiger partial charge in [-0.05, 0) is 32.1 Å². The molecular formula is C15H24N2O5S. The molecule has 0 saturated carbocycles. The molecule has 3 saturated heterocycles. The normalized spacial score (nSPS) is 31.2. The third-order valence-corrected chi connectivity index (χ3v) is 6.73. The minimum atomic E-state index is -2.98. The quantitative estimate of drug-likeness (QED) is 0.759. The van der Waals surface area contributed by atoms with Crippen molar-refractivity contribution in [2.24, 2.45) is 5.92 Å². The zero-order valence-electron chi connectivity index (χ0n) is 13.2. The highest BCUT2D eigenvalue weighted by atomic mass is 32.2. The van der Waals surface area contributed by atoms with Crippen LogP contribution in [0, 0.1) is 5.92 Å². The molecule has 0 aromatic heterocycles. The van der Waals surface area contributed by atoms with Gasteiger partial charge in [-0.15, -0.1) is 0 Å². The standard InChI is InChI=1S/C15H24N2O5S/c18-14(16-12-5-9-23(20,21)10-12)11-3-6-17(7-4-11)15(19)13-2-1-8-22-13/h11-13H,1-10H2,(H,16,18). The maximum absolute atomic E-state index is 12.3. The molecule has 7 nitrogen and oxygen atoms in total. The molecule has 0 bridgehead atoms. The van der Waals surface area contributed by atoms with Gasteiger partial charge in [0, 0.05) is 31.7 Å². The molecule has 130 valence electrons. The molecule has 3 aliphatic heterocycles. The number of carbonyl (C=O) groups excluding carboxylic acids is 2. The Morgan fingerprint density at radius 1 is 1.09 bits per heavy atom. The summed E-state index contributed by atoms with van der Waals surface area (Å²) in [6.45, 7) is 1.79. The van der Waals surface area contributed by atoms with E-state index in [0.29, 0.717) is 39.0 Å². The second-order valence-electron chi connectivity index (χ2n) is 6.71. The van der Waals surface area contributed by atoms with Crippen molar-refractivity contribution in [3.05, 3.63) is 0 Å². The van der Waals surface area contributed by atoms with E-state index in [0.717, 1.165) is 12.8 Å². The van der Waals surface area contributed by atoms with E-state index in [-0.39, 0.29) is 41.4 Å². The summed E-state index contributed by atoms with van der Waals surface area (Å²) in [5, 5.41) is 2.86. The lowest BCUT2D eigenvalue weighted by Gasteiger charge is -2.33. The summed E-state index contributed by atoms with van der Waals surface area (Å²) in [6.07, 6.45) is 3.18. The van der Waals surface area contributed by atoms with Gasteiger partial charge in [0.2, 0.25) is 5.91 Å². The number of amides is 2. The van der Waals surface area contributed by atoms with E-state index in [9.17, 15) is 18.0 Å². The number of likely N-dealkylation sites (tertiary alicyclic amines) is 1. The van der Waals surface area contributed by atoms with Crippen LogP contribution >= 0.6 is 0 Å². The lowest BCUT2D eigenvalue weighted by molar-refractivity contribution is -0.143. The molecule has 2 atom stereocenters. The van der Waals surface area contributed by atoms with Crippen molar-refractivity contribution in [3.63, 3.8) is 0 Å². The Morgan fingerprint density at radius 3 is 2.39 bits per heavy atom. The minimum Gasteiger partial charge on any atom is -0.368 e. The Morgan fingerprint density at radius 2 is 1.83 bits per heavy atom. The van der Waals surface area contributed by atoms with E-state index in [1.165, 1.54) is 0 Å². The van der Waals surface area contributed by atoms with Gasteiger partial charge in [0.05, 0.1) is 11.5 Å². The van der Waals surface area contributed by atoms with Crippen LogP contribution in [0.1, 0.15) is 32.1 Å². The average Bonchev–Trinajstić information content (AvgIpc) is 3.16. The van der Waals surface area contributed by atoms with Crippen molar-refractivity contribution < 1.29 is 22.7 Å². The summed E-state index contributed by atoms with van der Waals surface area (Å²) in [7, 11) is -2.98. The van der Waals surface area contributed by atoms with Crippen LogP contribution in [0.4, 0.5) is 0 Å². The maximum Gasteiger partial charge on any atom is 0.251 e. The molecule has 3 fully saturated rings. The van der Waals surface area contributed by atoms with E-state index >= 15 is 0 Å². The molecule has 23 heavy (non-hydrogen) atoms. The summed E-state index contributed by atoms with van der Waals surface area (Å²) in [5.74, 6) is 0.0490. The van der Waals surface area contributed by atoms with E-state index in [4.69, 9.17) is 4.74 Å². The monoisotopic (exact) mass is 344 g/mol. The first kappa shape index (κ1) is 16.7. The van der Waals surface area contributed by atoms with Crippen LogP contribution < -0.4 is 5.32 Å². The Balaban J connectivity index is 1.45. The summed E-state index contributed by atoms with van der Waals surface area (Å²) in [6, 6.07) is -0.251. The first-order valence-electron chi connectivity index (χ1n) is 8.36. The number of carbonyl (C=O) groups is 2. The van der Waals surface area contributed by atoms with E-state index in [1.54, 1.807) is 4.90 Å². The molecule has 2 amide bonds. The summed E-state index contributed by atoms with van der Waals surface area (Å²) < 4.78 is 28.3. The maximum atomic E-state index is 12.3. The molecule has 1 N–H and O–H groups in total. The molecule has 8 heteroatoms. The van der Waals surface area contributed by atoms with Gasteiger partial charge in [-0.2, -0.15) is 0 Å². The molecule has 0 aromatic carbocycles. The summed E-state index contributed by atoms with van der Waals surface area (Å²) >= 11 is 0. The van der Waals surface area contributed by atoms with Gasteiger partial charge in [0.15, 0.2) is 9.84 Å². The van der Waals surface area contributed by atoms with Gasteiger partial charge < -0.3 is 15.0 Å². The van der Waals surface area contributed by atoms with Crippen molar-refractivity contribution in [3.8, 4) is 0 Å².